The first kappa shape index (κ1) is 25.6. The number of nitrogens with one attached hydrogen (secondary N) is 1. The molecule has 0 radical (unpaired) electrons. The Hall–Kier alpha value is -3.08. The summed E-state index contributed by atoms with van der Waals surface area (Å²) < 4.78 is 2.31. The number of carbonyl (C=O) groups excluding carboxylic acids is 1. The molecular weight excluding hydrogens is 478 g/mol. The van der Waals surface area contributed by atoms with Crippen LogP contribution in [0.4, 0.5) is 0 Å². The number of hydrogen-bond donors (Lipinski definition) is 1. The maximum atomic E-state index is 13.2. The predicted molar refractivity (Wildman–Crippen MR) is 153 cm³/mol. The van der Waals surface area contributed by atoms with Gasteiger partial charge >= 0.3 is 0 Å². The lowest BCUT2D eigenvalue weighted by Crippen LogP contribution is -2.38. The zero-order chi connectivity index (χ0) is 25.6. The van der Waals surface area contributed by atoms with Crippen molar-refractivity contribution in [3.63, 3.8) is 0 Å². The van der Waals surface area contributed by atoms with E-state index in [1.165, 1.54) is 41.3 Å². The second-order valence-corrected chi connectivity index (χ2v) is 10.7. The molecule has 192 valence electrons. The van der Waals surface area contributed by atoms with Gasteiger partial charge in [0.15, 0.2) is 0 Å². The molecule has 1 saturated heterocycles. The van der Waals surface area contributed by atoms with Crippen molar-refractivity contribution in [2.75, 3.05) is 26.2 Å². The SMILES string of the molecule is Cc1ccc(Cn2cc([C@@H](CC(=O)NCCN3CCCCC3)c3cccc(Cl)c3)c3ccccc32)cc1. The van der Waals surface area contributed by atoms with Crippen molar-refractivity contribution in [3.8, 4) is 0 Å². The third kappa shape index (κ3) is 6.44. The first-order valence-corrected chi connectivity index (χ1v) is 13.8. The number of benzene rings is 3. The minimum atomic E-state index is -0.0853. The summed E-state index contributed by atoms with van der Waals surface area (Å²) in [5.74, 6) is -0.00444. The molecule has 4 nitrogen and oxygen atoms in total. The lowest BCUT2D eigenvalue weighted by atomic mass is 9.88. The zero-order valence-corrected chi connectivity index (χ0v) is 22.4. The number of likely N-dealkylation sites (tertiary alicyclic amines) is 1. The van der Waals surface area contributed by atoms with Gasteiger partial charge in [0.1, 0.15) is 0 Å². The molecule has 0 unspecified atom stereocenters. The van der Waals surface area contributed by atoms with Crippen LogP contribution >= 0.6 is 11.6 Å². The van der Waals surface area contributed by atoms with E-state index in [-0.39, 0.29) is 11.8 Å². The quantitative estimate of drug-likeness (QED) is 0.268. The third-order valence-corrected chi connectivity index (χ3v) is 7.74. The fourth-order valence-corrected chi connectivity index (χ4v) is 5.70. The minimum absolute atomic E-state index is 0.0809. The van der Waals surface area contributed by atoms with Gasteiger partial charge in [0.05, 0.1) is 0 Å². The first-order valence-electron chi connectivity index (χ1n) is 13.4. The zero-order valence-electron chi connectivity index (χ0n) is 21.6. The Morgan fingerprint density at radius 3 is 2.54 bits per heavy atom. The van der Waals surface area contributed by atoms with E-state index < -0.39 is 0 Å². The maximum absolute atomic E-state index is 13.2. The number of nitrogens with zero attached hydrogens (tertiary/aromatic N) is 2. The second kappa shape index (κ2) is 12.0. The smallest absolute Gasteiger partial charge is 0.220 e. The Kier molecular flexibility index (Phi) is 8.28. The molecular formula is C32H36ClN3O. The van der Waals surface area contributed by atoms with E-state index in [9.17, 15) is 4.79 Å². The van der Waals surface area contributed by atoms with Gasteiger partial charge in [0.25, 0.3) is 0 Å². The molecule has 4 aromatic rings. The van der Waals surface area contributed by atoms with Gasteiger partial charge in [-0.2, -0.15) is 0 Å². The molecule has 1 fully saturated rings. The van der Waals surface area contributed by atoms with Gasteiger partial charge in [0.2, 0.25) is 5.91 Å². The Morgan fingerprint density at radius 1 is 0.973 bits per heavy atom. The topological polar surface area (TPSA) is 37.3 Å². The van der Waals surface area contributed by atoms with Crippen molar-refractivity contribution < 1.29 is 4.79 Å². The van der Waals surface area contributed by atoms with E-state index >= 15 is 0 Å². The molecule has 1 N–H and O–H groups in total. The van der Waals surface area contributed by atoms with Gasteiger partial charge in [-0.1, -0.05) is 78.2 Å². The van der Waals surface area contributed by atoms with Crippen LogP contribution in [0.25, 0.3) is 10.9 Å². The molecule has 0 bridgehead atoms. The average Bonchev–Trinajstić information content (AvgIpc) is 3.27. The van der Waals surface area contributed by atoms with Gasteiger partial charge < -0.3 is 14.8 Å². The summed E-state index contributed by atoms with van der Waals surface area (Å²) in [6, 6.07) is 25.1. The predicted octanol–water partition coefficient (Wildman–Crippen LogP) is 6.78. The number of piperidine rings is 1. The van der Waals surface area contributed by atoms with E-state index in [0.29, 0.717) is 18.0 Å². The molecule has 37 heavy (non-hydrogen) atoms. The summed E-state index contributed by atoms with van der Waals surface area (Å²) in [5, 5.41) is 5.07. The number of para-hydroxylation sites is 1. The number of fused-ring (bicyclic) bond motifs is 1. The molecule has 1 aliphatic heterocycles. The van der Waals surface area contributed by atoms with E-state index in [4.69, 9.17) is 11.6 Å². The van der Waals surface area contributed by atoms with Gasteiger partial charge in [-0.15, -0.1) is 0 Å². The van der Waals surface area contributed by atoms with Crippen LogP contribution in [0.5, 0.6) is 0 Å². The van der Waals surface area contributed by atoms with Crippen LogP contribution in [0.1, 0.15) is 53.9 Å². The summed E-state index contributed by atoms with van der Waals surface area (Å²) in [4.78, 5) is 15.7. The molecule has 0 aliphatic carbocycles. The molecule has 1 aliphatic rings. The molecule has 3 aromatic carbocycles. The number of aryl methyl sites for hydroxylation is 1. The standard InChI is InChI=1S/C32H36ClN3O/c1-24-12-14-25(15-13-24)22-36-23-30(28-10-3-4-11-31(28)36)29(26-8-7-9-27(33)20-26)21-32(37)34-16-19-35-17-5-2-6-18-35/h3-4,7-15,20,23,29H,2,5-6,16-19,21-22H2,1H3,(H,34,37)/t29-/m0/s1. The molecule has 5 rings (SSSR count). The molecule has 5 heteroatoms. The molecule has 1 atom stereocenters. The summed E-state index contributed by atoms with van der Waals surface area (Å²) >= 11 is 6.41. The first-order chi connectivity index (χ1) is 18.1. The molecule has 1 amide bonds. The Balaban J connectivity index is 1.41. The summed E-state index contributed by atoms with van der Waals surface area (Å²) in [7, 11) is 0. The molecule has 1 aromatic heterocycles. The van der Waals surface area contributed by atoms with Crippen molar-refractivity contribution in [3.05, 3.63) is 106 Å². The number of amides is 1. The van der Waals surface area contributed by atoms with Crippen molar-refractivity contribution in [1.29, 1.82) is 0 Å². The number of aromatic nitrogens is 1. The summed E-state index contributed by atoms with van der Waals surface area (Å²) in [5.41, 5.74) is 5.92. The number of halogens is 1. The fourth-order valence-electron chi connectivity index (χ4n) is 5.50. The summed E-state index contributed by atoms with van der Waals surface area (Å²) in [6.07, 6.45) is 6.46. The van der Waals surface area contributed by atoms with Gasteiger partial charge in [-0.05, 0) is 67.7 Å². The maximum Gasteiger partial charge on any atom is 0.220 e. The third-order valence-electron chi connectivity index (χ3n) is 7.51. The largest absolute Gasteiger partial charge is 0.355 e. The lowest BCUT2D eigenvalue weighted by Gasteiger charge is -2.26. The summed E-state index contributed by atoms with van der Waals surface area (Å²) in [6.45, 7) is 6.79. The highest BCUT2D eigenvalue weighted by Crippen LogP contribution is 2.36. The number of rotatable bonds is 9. The fraction of sp³-hybridized carbons (Fsp3) is 0.344. The van der Waals surface area contributed by atoms with Crippen LogP contribution in [-0.4, -0.2) is 41.6 Å². The van der Waals surface area contributed by atoms with Crippen molar-refractivity contribution in [1.82, 2.24) is 14.8 Å². The van der Waals surface area contributed by atoms with Crippen molar-refractivity contribution >= 4 is 28.4 Å². The minimum Gasteiger partial charge on any atom is -0.355 e. The van der Waals surface area contributed by atoms with Crippen LogP contribution in [0.3, 0.4) is 0 Å². The molecule has 0 spiro atoms. The molecule has 0 saturated carbocycles. The normalized spacial score (nSPS) is 15.1. The monoisotopic (exact) mass is 513 g/mol. The van der Waals surface area contributed by atoms with E-state index in [2.05, 4.69) is 82.5 Å². The van der Waals surface area contributed by atoms with Crippen LogP contribution < -0.4 is 5.32 Å². The van der Waals surface area contributed by atoms with E-state index in [1.807, 2.05) is 18.2 Å². The second-order valence-electron chi connectivity index (χ2n) is 10.3. The lowest BCUT2D eigenvalue weighted by molar-refractivity contribution is -0.121. The highest BCUT2D eigenvalue weighted by molar-refractivity contribution is 6.30. The highest BCUT2D eigenvalue weighted by Gasteiger charge is 2.23. The Morgan fingerprint density at radius 2 is 1.76 bits per heavy atom. The van der Waals surface area contributed by atoms with Crippen LogP contribution in [0.15, 0.2) is 79.0 Å². The van der Waals surface area contributed by atoms with Crippen molar-refractivity contribution in [2.24, 2.45) is 0 Å². The van der Waals surface area contributed by atoms with E-state index in [0.717, 1.165) is 37.3 Å². The average molecular weight is 514 g/mol. The highest BCUT2D eigenvalue weighted by atomic mass is 35.5. The van der Waals surface area contributed by atoms with Gasteiger partial charge in [-0.25, -0.2) is 0 Å². The number of carbonyl (C=O) groups is 1. The van der Waals surface area contributed by atoms with Crippen molar-refractivity contribution in [2.45, 2.75) is 45.1 Å². The Labute approximate surface area is 225 Å². The van der Waals surface area contributed by atoms with Gasteiger partial charge in [-0.3, -0.25) is 4.79 Å². The van der Waals surface area contributed by atoms with Crippen LogP contribution in [0.2, 0.25) is 5.02 Å². The number of hydrogen-bond acceptors (Lipinski definition) is 2. The van der Waals surface area contributed by atoms with Crippen LogP contribution in [-0.2, 0) is 11.3 Å². The van der Waals surface area contributed by atoms with Crippen LogP contribution in [0, 0.1) is 6.92 Å². The Bertz CT molecular complexity index is 1340. The van der Waals surface area contributed by atoms with E-state index in [1.54, 1.807) is 0 Å². The molecule has 2 heterocycles. The van der Waals surface area contributed by atoms with Gasteiger partial charge in [0, 0.05) is 54.1 Å².